The average molecular weight is 320 g/mol. The van der Waals surface area contributed by atoms with Gasteiger partial charge in [0, 0.05) is 12.1 Å². The number of anilines is 1. The minimum absolute atomic E-state index is 0.775. The third-order valence-corrected chi connectivity index (χ3v) is 3.89. The summed E-state index contributed by atoms with van der Waals surface area (Å²) >= 11 is 3.55. The van der Waals surface area contributed by atoms with Gasteiger partial charge in [-0.15, -0.1) is 0 Å². The number of hydrogen-bond donors (Lipinski definition) is 1. The Balaban J connectivity index is 2.47. The zero-order chi connectivity index (χ0) is 13.8. The lowest BCUT2D eigenvalue weighted by molar-refractivity contribution is 0.958. The van der Waals surface area contributed by atoms with Gasteiger partial charge in [-0.3, -0.25) is 0 Å². The monoisotopic (exact) mass is 319 g/mol. The van der Waals surface area contributed by atoms with E-state index in [1.165, 1.54) is 5.56 Å². The van der Waals surface area contributed by atoms with Gasteiger partial charge >= 0.3 is 0 Å². The molecule has 2 aromatic rings. The van der Waals surface area contributed by atoms with Gasteiger partial charge in [0.05, 0.1) is 10.2 Å². The summed E-state index contributed by atoms with van der Waals surface area (Å²) in [6, 6.07) is 8.18. The van der Waals surface area contributed by atoms with Crippen molar-refractivity contribution in [2.75, 3.05) is 11.9 Å². The molecule has 0 unspecified atom stereocenters. The summed E-state index contributed by atoms with van der Waals surface area (Å²) in [6.07, 6.45) is 1.06. The smallest absolute Gasteiger partial charge is 0.162 e. The summed E-state index contributed by atoms with van der Waals surface area (Å²) in [4.78, 5) is 9.21. The Morgan fingerprint density at radius 3 is 2.58 bits per heavy atom. The minimum atomic E-state index is 0.775. The molecule has 0 spiro atoms. The van der Waals surface area contributed by atoms with Crippen LogP contribution in [0.2, 0.25) is 0 Å². The normalized spacial score (nSPS) is 10.5. The van der Waals surface area contributed by atoms with E-state index in [2.05, 4.69) is 57.2 Å². The maximum absolute atomic E-state index is 4.63. The largest absolute Gasteiger partial charge is 0.369 e. The van der Waals surface area contributed by atoms with Crippen LogP contribution in [0.3, 0.4) is 0 Å². The minimum Gasteiger partial charge on any atom is -0.369 e. The van der Waals surface area contributed by atoms with Gasteiger partial charge in [-0.25, -0.2) is 9.97 Å². The van der Waals surface area contributed by atoms with Crippen molar-refractivity contribution >= 4 is 21.7 Å². The van der Waals surface area contributed by atoms with E-state index in [1.54, 1.807) is 0 Å². The lowest BCUT2D eigenvalue weighted by atomic mass is 10.1. The van der Waals surface area contributed by atoms with Gasteiger partial charge in [0.2, 0.25) is 0 Å². The van der Waals surface area contributed by atoms with Crippen molar-refractivity contribution in [1.29, 1.82) is 0 Å². The van der Waals surface area contributed by atoms with E-state index in [4.69, 9.17) is 0 Å². The number of benzene rings is 1. The predicted octanol–water partition coefficient (Wildman–Crippen LogP) is 4.34. The summed E-state index contributed by atoms with van der Waals surface area (Å²) in [7, 11) is 0. The van der Waals surface area contributed by atoms with Crippen molar-refractivity contribution in [3.8, 4) is 11.4 Å². The highest BCUT2D eigenvalue weighted by Gasteiger charge is 2.11. The molecule has 1 N–H and O–H groups in total. The van der Waals surface area contributed by atoms with Gasteiger partial charge in [0.15, 0.2) is 5.82 Å². The summed E-state index contributed by atoms with van der Waals surface area (Å²) in [5, 5.41) is 3.34. The molecule has 0 atom stereocenters. The van der Waals surface area contributed by atoms with Crippen LogP contribution in [-0.4, -0.2) is 16.5 Å². The van der Waals surface area contributed by atoms with E-state index < -0.39 is 0 Å². The highest BCUT2D eigenvalue weighted by atomic mass is 79.9. The summed E-state index contributed by atoms with van der Waals surface area (Å²) in [5.41, 5.74) is 3.22. The van der Waals surface area contributed by atoms with Crippen LogP contribution in [0.15, 0.2) is 28.7 Å². The maximum Gasteiger partial charge on any atom is 0.162 e. The number of rotatable bonds is 4. The number of halogens is 1. The molecule has 19 heavy (non-hydrogen) atoms. The van der Waals surface area contributed by atoms with Crippen LogP contribution in [0, 0.1) is 13.8 Å². The fourth-order valence-electron chi connectivity index (χ4n) is 1.86. The van der Waals surface area contributed by atoms with Crippen LogP contribution in [0.1, 0.15) is 24.6 Å². The van der Waals surface area contributed by atoms with Crippen molar-refractivity contribution in [3.63, 3.8) is 0 Å². The van der Waals surface area contributed by atoms with Gasteiger partial charge in [0.1, 0.15) is 5.82 Å². The molecule has 1 aromatic heterocycles. The van der Waals surface area contributed by atoms with Gasteiger partial charge < -0.3 is 5.32 Å². The van der Waals surface area contributed by atoms with Crippen molar-refractivity contribution in [2.24, 2.45) is 0 Å². The highest BCUT2D eigenvalue weighted by molar-refractivity contribution is 9.10. The summed E-state index contributed by atoms with van der Waals surface area (Å²) in [6.45, 7) is 7.11. The predicted molar refractivity (Wildman–Crippen MR) is 83.4 cm³/mol. The van der Waals surface area contributed by atoms with Gasteiger partial charge in [0.25, 0.3) is 0 Å². The Kier molecular flexibility index (Phi) is 4.53. The zero-order valence-corrected chi connectivity index (χ0v) is 13.1. The number of hydrogen-bond acceptors (Lipinski definition) is 3. The van der Waals surface area contributed by atoms with Crippen LogP contribution in [0.5, 0.6) is 0 Å². The Hall–Kier alpha value is -1.42. The van der Waals surface area contributed by atoms with Gasteiger partial charge in [-0.1, -0.05) is 31.2 Å². The number of nitrogens with one attached hydrogen (secondary N) is 1. The second kappa shape index (κ2) is 6.15. The molecule has 1 heterocycles. The molecule has 0 radical (unpaired) electrons. The van der Waals surface area contributed by atoms with Gasteiger partial charge in [-0.2, -0.15) is 0 Å². The molecule has 3 nitrogen and oxygen atoms in total. The molecule has 0 bridgehead atoms. The Labute approximate surface area is 122 Å². The molecule has 0 fully saturated rings. The van der Waals surface area contributed by atoms with E-state index >= 15 is 0 Å². The fourth-order valence-corrected chi connectivity index (χ4v) is 2.18. The van der Waals surface area contributed by atoms with Gasteiger partial charge in [-0.05, 0) is 41.8 Å². The molecule has 0 aliphatic heterocycles. The average Bonchev–Trinajstić information content (AvgIpc) is 2.41. The van der Waals surface area contributed by atoms with Crippen molar-refractivity contribution < 1.29 is 0 Å². The maximum atomic E-state index is 4.63. The SMILES string of the molecule is CCCNc1nc(-c2ccccc2C)nc(C)c1Br. The Morgan fingerprint density at radius 1 is 1.16 bits per heavy atom. The molecule has 0 aliphatic carbocycles. The van der Waals surface area contributed by atoms with Crippen LogP contribution in [0.25, 0.3) is 11.4 Å². The lowest BCUT2D eigenvalue weighted by Gasteiger charge is -2.11. The molecule has 0 amide bonds. The van der Waals surface area contributed by atoms with Crippen LogP contribution < -0.4 is 5.32 Å². The summed E-state index contributed by atoms with van der Waals surface area (Å²) < 4.78 is 0.943. The van der Waals surface area contributed by atoms with E-state index in [0.29, 0.717) is 0 Å². The first kappa shape index (κ1) is 14.0. The van der Waals surface area contributed by atoms with Crippen molar-refractivity contribution in [2.45, 2.75) is 27.2 Å². The van der Waals surface area contributed by atoms with E-state index in [-0.39, 0.29) is 0 Å². The first-order valence-electron chi connectivity index (χ1n) is 6.47. The molecule has 2 rings (SSSR count). The van der Waals surface area contributed by atoms with E-state index in [0.717, 1.165) is 40.3 Å². The third-order valence-electron chi connectivity index (χ3n) is 2.95. The van der Waals surface area contributed by atoms with Crippen LogP contribution in [0.4, 0.5) is 5.82 Å². The van der Waals surface area contributed by atoms with E-state index in [1.807, 2.05) is 19.1 Å². The highest BCUT2D eigenvalue weighted by Crippen LogP contribution is 2.27. The second-order valence-electron chi connectivity index (χ2n) is 4.54. The number of aryl methyl sites for hydroxylation is 2. The third kappa shape index (κ3) is 3.13. The molecular formula is C15H18BrN3. The van der Waals surface area contributed by atoms with Crippen LogP contribution >= 0.6 is 15.9 Å². The van der Waals surface area contributed by atoms with Crippen molar-refractivity contribution in [1.82, 2.24) is 9.97 Å². The zero-order valence-electron chi connectivity index (χ0n) is 11.5. The first-order valence-corrected chi connectivity index (χ1v) is 7.26. The molecular weight excluding hydrogens is 302 g/mol. The van der Waals surface area contributed by atoms with Crippen molar-refractivity contribution in [3.05, 3.63) is 40.0 Å². The molecule has 4 heteroatoms. The number of aromatic nitrogens is 2. The Morgan fingerprint density at radius 2 is 1.89 bits per heavy atom. The summed E-state index contributed by atoms with van der Waals surface area (Å²) in [5.74, 6) is 1.64. The van der Waals surface area contributed by atoms with E-state index in [9.17, 15) is 0 Å². The molecule has 1 aromatic carbocycles. The quantitative estimate of drug-likeness (QED) is 0.910. The number of nitrogens with zero attached hydrogens (tertiary/aromatic N) is 2. The van der Waals surface area contributed by atoms with Crippen LogP contribution in [-0.2, 0) is 0 Å². The molecule has 0 saturated carbocycles. The Bertz CT molecular complexity index is 582. The second-order valence-corrected chi connectivity index (χ2v) is 5.33. The molecule has 0 aliphatic rings. The first-order chi connectivity index (χ1) is 9.13. The molecule has 0 saturated heterocycles. The lowest BCUT2D eigenvalue weighted by Crippen LogP contribution is -2.06. The molecule has 100 valence electrons. The fraction of sp³-hybridized carbons (Fsp3) is 0.333. The standard InChI is InChI=1S/C15H18BrN3/c1-4-9-17-15-13(16)11(3)18-14(19-15)12-8-6-5-7-10(12)2/h5-8H,4,9H2,1-3H3,(H,17,18,19). The topological polar surface area (TPSA) is 37.8 Å².